The van der Waals surface area contributed by atoms with Crippen molar-refractivity contribution in [1.82, 2.24) is 4.98 Å². The number of aromatic nitrogens is 1. The molecule has 0 fully saturated rings. The first kappa shape index (κ1) is 19.4. The zero-order chi connectivity index (χ0) is 18.9. The zero-order valence-corrected chi connectivity index (χ0v) is 16.9. The number of carbonyl (C=O) groups is 1. The van der Waals surface area contributed by atoms with Crippen LogP contribution in [0, 0.1) is 0 Å². The van der Waals surface area contributed by atoms with Crippen LogP contribution in [-0.4, -0.2) is 25.1 Å². The number of sulfone groups is 1. The van der Waals surface area contributed by atoms with Crippen LogP contribution in [0.3, 0.4) is 0 Å². The van der Waals surface area contributed by atoms with Crippen LogP contribution in [0.15, 0.2) is 41.3 Å². The van der Waals surface area contributed by atoms with Crippen LogP contribution in [-0.2, 0) is 14.6 Å². The summed E-state index contributed by atoms with van der Waals surface area (Å²) in [6.45, 7) is 0. The molecule has 136 valence electrons. The van der Waals surface area contributed by atoms with Crippen LogP contribution < -0.4 is 5.32 Å². The molecule has 0 aliphatic heterocycles. The summed E-state index contributed by atoms with van der Waals surface area (Å²) in [5, 5.41) is 4.24. The van der Waals surface area contributed by atoms with Crippen molar-refractivity contribution in [3.8, 4) is 0 Å². The topological polar surface area (TPSA) is 76.1 Å². The van der Waals surface area contributed by atoms with Gasteiger partial charge in [-0.05, 0) is 36.4 Å². The van der Waals surface area contributed by atoms with Gasteiger partial charge < -0.3 is 5.32 Å². The number of amides is 1. The molecule has 1 heterocycles. The van der Waals surface area contributed by atoms with E-state index in [9.17, 15) is 13.2 Å². The number of thiazole rings is 1. The van der Waals surface area contributed by atoms with E-state index in [1.165, 1.54) is 35.6 Å². The molecule has 2 aromatic carbocycles. The van der Waals surface area contributed by atoms with Gasteiger partial charge in [0.15, 0.2) is 15.0 Å². The van der Waals surface area contributed by atoms with Gasteiger partial charge in [0.2, 0.25) is 5.91 Å². The number of benzene rings is 2. The minimum atomic E-state index is -3.58. The number of hydrogen-bond donors (Lipinski definition) is 1. The Kier molecular flexibility index (Phi) is 5.74. The number of anilines is 1. The quantitative estimate of drug-likeness (QED) is 0.591. The number of hydrogen-bond acceptors (Lipinski definition) is 5. The average Bonchev–Trinajstić information content (AvgIpc) is 3.02. The summed E-state index contributed by atoms with van der Waals surface area (Å²) >= 11 is 19.1. The molecule has 3 aromatic rings. The summed E-state index contributed by atoms with van der Waals surface area (Å²) in [6, 6.07) is 9.07. The first-order valence-corrected chi connectivity index (χ1v) is 10.9. The Balaban J connectivity index is 1.68. The van der Waals surface area contributed by atoms with Crippen LogP contribution in [0.1, 0.15) is 6.42 Å². The predicted molar refractivity (Wildman–Crippen MR) is 106 cm³/mol. The van der Waals surface area contributed by atoms with E-state index in [1.54, 1.807) is 12.1 Å². The minimum Gasteiger partial charge on any atom is -0.302 e. The molecule has 0 spiro atoms. The van der Waals surface area contributed by atoms with E-state index in [0.29, 0.717) is 30.4 Å². The molecule has 0 aliphatic carbocycles. The maximum atomic E-state index is 12.3. The summed E-state index contributed by atoms with van der Waals surface area (Å²) in [4.78, 5) is 16.4. The lowest BCUT2D eigenvalue weighted by molar-refractivity contribution is -0.115. The van der Waals surface area contributed by atoms with E-state index in [0.717, 1.165) is 0 Å². The molecule has 1 N–H and O–H groups in total. The lowest BCUT2D eigenvalue weighted by Gasteiger charge is -2.04. The Morgan fingerprint density at radius 2 is 1.69 bits per heavy atom. The average molecular weight is 450 g/mol. The summed E-state index contributed by atoms with van der Waals surface area (Å²) in [6.07, 6.45) is -0.206. The first-order chi connectivity index (χ1) is 12.3. The second-order valence-corrected chi connectivity index (χ2v) is 9.66. The third-order valence-corrected chi connectivity index (χ3v) is 7.18. The second-order valence-electron chi connectivity index (χ2n) is 5.30. The predicted octanol–water partition coefficient (Wildman–Crippen LogP) is 5.06. The first-order valence-electron chi connectivity index (χ1n) is 7.29. The van der Waals surface area contributed by atoms with E-state index in [1.807, 2.05) is 0 Å². The molecule has 0 saturated carbocycles. The van der Waals surface area contributed by atoms with Gasteiger partial charge in [-0.15, -0.1) is 0 Å². The Morgan fingerprint density at radius 1 is 1.04 bits per heavy atom. The SMILES string of the molecule is O=C(CCS(=O)(=O)c1ccc(Cl)cc1)Nc1nc2c(Cl)ccc(Cl)c2s1. The highest BCUT2D eigenvalue weighted by Crippen LogP contribution is 2.36. The molecule has 0 atom stereocenters. The number of nitrogens with one attached hydrogen (secondary N) is 1. The van der Waals surface area contributed by atoms with Crippen LogP contribution in [0.2, 0.25) is 15.1 Å². The van der Waals surface area contributed by atoms with Gasteiger partial charge in [-0.25, -0.2) is 13.4 Å². The highest BCUT2D eigenvalue weighted by atomic mass is 35.5. The van der Waals surface area contributed by atoms with Gasteiger partial charge in [-0.3, -0.25) is 4.79 Å². The van der Waals surface area contributed by atoms with E-state index < -0.39 is 15.7 Å². The maximum absolute atomic E-state index is 12.3. The molecule has 0 unspecified atom stereocenters. The molecule has 10 heteroatoms. The summed E-state index contributed by atoms with van der Waals surface area (Å²) in [5.74, 6) is -0.791. The molecule has 0 bridgehead atoms. The number of nitrogens with zero attached hydrogens (tertiary/aromatic N) is 1. The largest absolute Gasteiger partial charge is 0.302 e. The van der Waals surface area contributed by atoms with Gasteiger partial charge in [0.25, 0.3) is 0 Å². The van der Waals surface area contributed by atoms with Gasteiger partial charge in [0, 0.05) is 11.4 Å². The fourth-order valence-corrected chi connectivity index (χ4v) is 4.97. The van der Waals surface area contributed by atoms with Crippen molar-refractivity contribution < 1.29 is 13.2 Å². The highest BCUT2D eigenvalue weighted by Gasteiger charge is 2.18. The summed E-state index contributed by atoms with van der Waals surface area (Å²) in [5.41, 5.74) is 0.494. The van der Waals surface area contributed by atoms with Crippen molar-refractivity contribution in [3.05, 3.63) is 51.5 Å². The van der Waals surface area contributed by atoms with Crippen molar-refractivity contribution in [2.45, 2.75) is 11.3 Å². The lowest BCUT2D eigenvalue weighted by atomic mass is 10.3. The molecular formula is C16H11Cl3N2O3S2. The van der Waals surface area contributed by atoms with Gasteiger partial charge in [-0.2, -0.15) is 0 Å². The number of rotatable bonds is 5. The Morgan fingerprint density at radius 3 is 2.35 bits per heavy atom. The molecule has 1 amide bonds. The summed E-state index contributed by atoms with van der Waals surface area (Å²) in [7, 11) is -3.58. The fraction of sp³-hybridized carbons (Fsp3) is 0.125. The van der Waals surface area contributed by atoms with E-state index >= 15 is 0 Å². The molecular weight excluding hydrogens is 439 g/mol. The van der Waals surface area contributed by atoms with Crippen molar-refractivity contribution >= 4 is 77.2 Å². The van der Waals surface area contributed by atoms with Crippen molar-refractivity contribution in [2.24, 2.45) is 0 Å². The second kappa shape index (κ2) is 7.70. The molecule has 1 aromatic heterocycles. The molecule has 0 saturated heterocycles. The van der Waals surface area contributed by atoms with Crippen LogP contribution >= 0.6 is 46.1 Å². The van der Waals surface area contributed by atoms with Crippen molar-refractivity contribution in [2.75, 3.05) is 11.1 Å². The Bertz CT molecular complexity index is 1040. The molecule has 3 rings (SSSR count). The van der Waals surface area contributed by atoms with Gasteiger partial charge in [0.05, 0.1) is 25.4 Å². The molecule has 0 radical (unpaired) electrons. The molecule has 0 aliphatic rings. The molecule has 26 heavy (non-hydrogen) atoms. The smallest absolute Gasteiger partial charge is 0.227 e. The van der Waals surface area contributed by atoms with E-state index in [4.69, 9.17) is 34.8 Å². The van der Waals surface area contributed by atoms with Crippen LogP contribution in [0.4, 0.5) is 5.13 Å². The van der Waals surface area contributed by atoms with Gasteiger partial charge in [0.1, 0.15) is 5.52 Å². The van der Waals surface area contributed by atoms with Gasteiger partial charge in [-0.1, -0.05) is 46.1 Å². The third kappa shape index (κ3) is 4.29. The van der Waals surface area contributed by atoms with E-state index in [-0.39, 0.29) is 17.1 Å². The monoisotopic (exact) mass is 448 g/mol. The van der Waals surface area contributed by atoms with Crippen molar-refractivity contribution in [1.29, 1.82) is 0 Å². The van der Waals surface area contributed by atoms with E-state index in [2.05, 4.69) is 10.3 Å². The van der Waals surface area contributed by atoms with Crippen LogP contribution in [0.25, 0.3) is 10.2 Å². The standard InChI is InChI=1S/C16H11Cl3N2O3S2/c17-9-1-3-10(4-2-9)26(23,24)8-7-13(22)20-16-21-14-11(18)5-6-12(19)15(14)25-16/h1-6H,7-8H2,(H,20,21,22). The lowest BCUT2D eigenvalue weighted by Crippen LogP contribution is -2.17. The van der Waals surface area contributed by atoms with Crippen molar-refractivity contribution in [3.63, 3.8) is 0 Å². The Labute approximate surface area is 168 Å². The summed E-state index contributed by atoms with van der Waals surface area (Å²) < 4.78 is 25.2. The van der Waals surface area contributed by atoms with Crippen LogP contribution in [0.5, 0.6) is 0 Å². The minimum absolute atomic E-state index is 0.119. The maximum Gasteiger partial charge on any atom is 0.227 e. The number of halogens is 3. The third-order valence-electron chi connectivity index (χ3n) is 3.46. The zero-order valence-electron chi connectivity index (χ0n) is 13.0. The Hall–Kier alpha value is -1.38. The van der Waals surface area contributed by atoms with Gasteiger partial charge >= 0.3 is 0 Å². The molecule has 5 nitrogen and oxygen atoms in total. The number of carbonyl (C=O) groups excluding carboxylic acids is 1. The normalized spacial score (nSPS) is 11.7. The fourth-order valence-electron chi connectivity index (χ4n) is 2.17. The number of fused-ring (bicyclic) bond motifs is 1. The highest BCUT2D eigenvalue weighted by molar-refractivity contribution is 7.91.